The van der Waals surface area contributed by atoms with Crippen molar-refractivity contribution in [3.8, 4) is 11.6 Å². The Labute approximate surface area is 107 Å². The normalized spacial score (nSPS) is 11.4. The Kier molecular flexibility index (Phi) is 1.88. The van der Waals surface area contributed by atoms with Gasteiger partial charge in [0.1, 0.15) is 12.1 Å². The molecule has 0 bridgehead atoms. The predicted molar refractivity (Wildman–Crippen MR) is 70.2 cm³/mol. The van der Waals surface area contributed by atoms with Crippen molar-refractivity contribution in [3.05, 3.63) is 43.0 Å². The van der Waals surface area contributed by atoms with Crippen molar-refractivity contribution in [1.29, 1.82) is 0 Å². The topological polar surface area (TPSA) is 79.6 Å². The van der Waals surface area contributed by atoms with E-state index in [1.54, 1.807) is 18.3 Å². The molecule has 3 aromatic heterocycles. The van der Waals surface area contributed by atoms with Crippen LogP contribution in [-0.2, 0) is 0 Å². The van der Waals surface area contributed by atoms with Crippen LogP contribution in [0.25, 0.3) is 27.8 Å². The van der Waals surface area contributed by atoms with Crippen molar-refractivity contribution in [3.63, 3.8) is 0 Å². The van der Waals surface area contributed by atoms with E-state index in [0.717, 1.165) is 22.1 Å². The number of fused-ring (bicyclic) bond motifs is 2. The van der Waals surface area contributed by atoms with E-state index in [2.05, 4.69) is 20.2 Å². The largest absolute Gasteiger partial charge is 0.508 e. The minimum Gasteiger partial charge on any atom is -0.508 e. The van der Waals surface area contributed by atoms with E-state index in [1.165, 1.54) is 6.33 Å². The maximum absolute atomic E-state index is 9.49. The Bertz CT molecular complexity index is 892. The molecular formula is C13H9N5O. The van der Waals surface area contributed by atoms with Crippen LogP contribution in [0.15, 0.2) is 43.0 Å². The molecular weight excluding hydrogens is 242 g/mol. The number of nitrogens with one attached hydrogen (secondary N) is 1. The maximum Gasteiger partial charge on any atom is 0.170 e. The van der Waals surface area contributed by atoms with Crippen molar-refractivity contribution in [2.75, 3.05) is 0 Å². The molecule has 4 rings (SSSR count). The first-order valence-electron chi connectivity index (χ1n) is 5.77. The zero-order valence-corrected chi connectivity index (χ0v) is 9.78. The van der Waals surface area contributed by atoms with Crippen molar-refractivity contribution in [2.24, 2.45) is 0 Å². The quantitative estimate of drug-likeness (QED) is 0.542. The van der Waals surface area contributed by atoms with Crippen molar-refractivity contribution in [2.45, 2.75) is 0 Å². The number of nitrogens with zero attached hydrogens (tertiary/aromatic N) is 4. The van der Waals surface area contributed by atoms with Crippen LogP contribution in [-0.4, -0.2) is 29.8 Å². The maximum atomic E-state index is 9.49. The molecule has 0 spiro atoms. The summed E-state index contributed by atoms with van der Waals surface area (Å²) in [5, 5.41) is 18.5. The minimum atomic E-state index is 0.250. The van der Waals surface area contributed by atoms with Crippen molar-refractivity contribution in [1.82, 2.24) is 24.7 Å². The Balaban J connectivity index is 2.04. The number of phenols is 1. The third-order valence-corrected chi connectivity index (χ3v) is 3.12. The lowest BCUT2D eigenvalue weighted by molar-refractivity contribution is 0.476. The molecule has 0 aliphatic heterocycles. The second kappa shape index (κ2) is 3.55. The lowest BCUT2D eigenvalue weighted by Crippen LogP contribution is -1.93. The second-order valence-corrected chi connectivity index (χ2v) is 4.26. The van der Waals surface area contributed by atoms with Gasteiger partial charge in [0, 0.05) is 17.8 Å². The second-order valence-electron chi connectivity index (χ2n) is 4.26. The molecule has 92 valence electrons. The van der Waals surface area contributed by atoms with Gasteiger partial charge in [-0.15, -0.1) is 0 Å². The fraction of sp³-hybridized carbons (Fsp3) is 0. The number of H-pyrrole nitrogens is 1. The van der Waals surface area contributed by atoms with Gasteiger partial charge in [-0.05, 0) is 24.3 Å². The molecule has 0 radical (unpaired) electrons. The predicted octanol–water partition coefficient (Wildman–Crippen LogP) is 2.00. The zero-order valence-electron chi connectivity index (χ0n) is 9.78. The van der Waals surface area contributed by atoms with Crippen LogP contribution in [0.3, 0.4) is 0 Å². The summed E-state index contributed by atoms with van der Waals surface area (Å²) < 4.78 is 1.94. The molecule has 2 N–H and O–H groups in total. The highest BCUT2D eigenvalue weighted by atomic mass is 16.3. The summed E-state index contributed by atoms with van der Waals surface area (Å²) in [6.07, 6.45) is 5.12. The van der Waals surface area contributed by atoms with E-state index in [0.29, 0.717) is 5.65 Å². The minimum absolute atomic E-state index is 0.250. The van der Waals surface area contributed by atoms with Gasteiger partial charge in [-0.25, -0.2) is 9.97 Å². The lowest BCUT2D eigenvalue weighted by atomic mass is 10.2. The molecule has 4 aromatic rings. The van der Waals surface area contributed by atoms with Crippen LogP contribution in [0.2, 0.25) is 0 Å². The van der Waals surface area contributed by atoms with Gasteiger partial charge in [0.15, 0.2) is 11.5 Å². The monoisotopic (exact) mass is 251 g/mol. The summed E-state index contributed by atoms with van der Waals surface area (Å²) in [5.74, 6) is 0.997. The Morgan fingerprint density at radius 1 is 1.21 bits per heavy atom. The van der Waals surface area contributed by atoms with Crippen LogP contribution >= 0.6 is 0 Å². The van der Waals surface area contributed by atoms with E-state index in [-0.39, 0.29) is 5.75 Å². The van der Waals surface area contributed by atoms with E-state index in [9.17, 15) is 5.11 Å². The summed E-state index contributed by atoms with van der Waals surface area (Å²) >= 11 is 0. The smallest absolute Gasteiger partial charge is 0.170 e. The molecule has 6 heteroatoms. The van der Waals surface area contributed by atoms with E-state index < -0.39 is 0 Å². The van der Waals surface area contributed by atoms with Crippen LogP contribution in [0, 0.1) is 0 Å². The summed E-state index contributed by atoms with van der Waals surface area (Å²) in [5.41, 5.74) is 1.67. The number of aromatic amines is 1. The molecule has 0 aliphatic rings. The zero-order chi connectivity index (χ0) is 12.8. The van der Waals surface area contributed by atoms with E-state index >= 15 is 0 Å². The Morgan fingerprint density at radius 2 is 2.16 bits per heavy atom. The number of aromatic nitrogens is 5. The molecule has 0 saturated heterocycles. The van der Waals surface area contributed by atoms with Crippen molar-refractivity contribution >= 4 is 21.9 Å². The fourth-order valence-corrected chi connectivity index (χ4v) is 2.25. The molecule has 0 unspecified atom stereocenters. The number of hydrogen-bond donors (Lipinski definition) is 2. The van der Waals surface area contributed by atoms with Gasteiger partial charge in [0.05, 0.1) is 10.9 Å². The highest BCUT2D eigenvalue weighted by molar-refractivity contribution is 5.88. The van der Waals surface area contributed by atoms with E-state index in [1.807, 2.05) is 22.9 Å². The molecule has 0 atom stereocenters. The summed E-state index contributed by atoms with van der Waals surface area (Å²) in [6.45, 7) is 0. The summed E-state index contributed by atoms with van der Waals surface area (Å²) in [7, 11) is 0. The van der Waals surface area contributed by atoms with E-state index in [4.69, 9.17) is 0 Å². The van der Waals surface area contributed by atoms with Crippen LogP contribution < -0.4 is 0 Å². The molecule has 6 nitrogen and oxygen atoms in total. The lowest BCUT2D eigenvalue weighted by Gasteiger charge is -2.01. The van der Waals surface area contributed by atoms with Crippen LogP contribution in [0.4, 0.5) is 0 Å². The number of hydrogen-bond acceptors (Lipinski definition) is 4. The first-order chi connectivity index (χ1) is 9.33. The SMILES string of the molecule is Oc1ccc2c(ccn2-c2n[nH]c3ncncc23)c1. The third kappa shape index (κ3) is 1.40. The first-order valence-corrected chi connectivity index (χ1v) is 5.77. The third-order valence-electron chi connectivity index (χ3n) is 3.12. The van der Waals surface area contributed by atoms with Crippen LogP contribution in [0.5, 0.6) is 5.75 Å². The average Bonchev–Trinajstić information content (AvgIpc) is 3.01. The average molecular weight is 251 g/mol. The van der Waals surface area contributed by atoms with Gasteiger partial charge in [0.25, 0.3) is 0 Å². The molecule has 1 aromatic carbocycles. The number of rotatable bonds is 1. The van der Waals surface area contributed by atoms with Gasteiger partial charge >= 0.3 is 0 Å². The van der Waals surface area contributed by atoms with Gasteiger partial charge < -0.3 is 5.11 Å². The first kappa shape index (κ1) is 10.1. The summed E-state index contributed by atoms with van der Waals surface area (Å²) in [6, 6.07) is 7.16. The number of phenolic OH excluding ortho intramolecular Hbond substituents is 1. The number of aromatic hydroxyl groups is 1. The highest BCUT2D eigenvalue weighted by Gasteiger charge is 2.11. The number of benzene rings is 1. The van der Waals surface area contributed by atoms with Gasteiger partial charge in [-0.2, -0.15) is 5.10 Å². The fourth-order valence-electron chi connectivity index (χ4n) is 2.25. The Hall–Kier alpha value is -2.89. The van der Waals surface area contributed by atoms with Crippen LogP contribution in [0.1, 0.15) is 0 Å². The molecule has 19 heavy (non-hydrogen) atoms. The highest BCUT2D eigenvalue weighted by Crippen LogP contribution is 2.25. The van der Waals surface area contributed by atoms with Gasteiger partial charge in [0.2, 0.25) is 0 Å². The van der Waals surface area contributed by atoms with Gasteiger partial charge in [-0.3, -0.25) is 9.67 Å². The molecule has 0 amide bonds. The Morgan fingerprint density at radius 3 is 3.11 bits per heavy atom. The molecule has 0 saturated carbocycles. The molecule has 0 fully saturated rings. The van der Waals surface area contributed by atoms with Gasteiger partial charge in [-0.1, -0.05) is 0 Å². The van der Waals surface area contributed by atoms with Crippen molar-refractivity contribution < 1.29 is 5.11 Å². The molecule has 0 aliphatic carbocycles. The summed E-state index contributed by atoms with van der Waals surface area (Å²) in [4.78, 5) is 8.15. The standard InChI is InChI=1S/C13H9N5O/c19-9-1-2-11-8(5-9)3-4-18(11)13-10-6-14-7-15-12(10)16-17-13/h1-7,19H,(H,14,15,16,17). The molecule has 3 heterocycles.